The lowest BCUT2D eigenvalue weighted by atomic mass is 9.92. The van der Waals surface area contributed by atoms with Gasteiger partial charge in [-0.25, -0.2) is 0 Å². The summed E-state index contributed by atoms with van der Waals surface area (Å²) in [5.74, 6) is 1.08. The van der Waals surface area contributed by atoms with Gasteiger partial charge < -0.3 is 5.32 Å². The van der Waals surface area contributed by atoms with E-state index in [-0.39, 0.29) is 0 Å². The molecule has 2 nitrogen and oxygen atoms in total. The Bertz CT molecular complexity index is 379. The fourth-order valence-electron chi connectivity index (χ4n) is 2.22. The number of rotatable bonds is 7. The summed E-state index contributed by atoms with van der Waals surface area (Å²) in [6.45, 7) is 12.9. The molecule has 0 radical (unpaired) electrons. The normalized spacial score (nSPS) is 11.7. The van der Waals surface area contributed by atoms with Gasteiger partial charge in [-0.05, 0) is 35.6 Å². The fourth-order valence-corrected chi connectivity index (χ4v) is 2.22. The topological polar surface area (TPSA) is 24.4 Å². The van der Waals surface area contributed by atoms with Gasteiger partial charge >= 0.3 is 0 Å². The van der Waals surface area contributed by atoms with Gasteiger partial charge in [0.05, 0.1) is 6.54 Å². The van der Waals surface area contributed by atoms with Crippen LogP contribution in [0, 0.1) is 0 Å². The number of benzene rings is 1. The minimum Gasteiger partial charge on any atom is -0.383 e. The van der Waals surface area contributed by atoms with Crippen molar-refractivity contribution < 1.29 is 0 Å². The second kappa shape index (κ2) is 7.98. The quantitative estimate of drug-likeness (QED) is 0.551. The minimum atomic E-state index is 0.542. The van der Waals surface area contributed by atoms with E-state index in [2.05, 4.69) is 63.1 Å². The van der Waals surface area contributed by atoms with Gasteiger partial charge in [-0.1, -0.05) is 52.8 Å². The molecule has 0 unspecified atom stereocenters. The number of anilines is 1. The Morgan fingerprint density at radius 1 is 1.11 bits per heavy atom. The molecule has 106 valence electrons. The number of hydrogen-bond acceptors (Lipinski definition) is 2. The van der Waals surface area contributed by atoms with Crippen LogP contribution in [0.3, 0.4) is 0 Å². The van der Waals surface area contributed by atoms with Crippen LogP contribution in [0.25, 0.3) is 0 Å². The van der Waals surface area contributed by atoms with Gasteiger partial charge in [-0.3, -0.25) is 4.99 Å². The zero-order valence-corrected chi connectivity index (χ0v) is 13.0. The summed E-state index contributed by atoms with van der Waals surface area (Å²) < 4.78 is 0. The predicted molar refractivity (Wildman–Crippen MR) is 86.8 cm³/mol. The monoisotopic (exact) mass is 260 g/mol. The lowest BCUT2D eigenvalue weighted by molar-refractivity contribution is 0.832. The predicted octanol–water partition coefficient (Wildman–Crippen LogP) is 4.83. The maximum atomic E-state index is 4.37. The minimum absolute atomic E-state index is 0.542. The first-order chi connectivity index (χ1) is 9.07. The zero-order valence-electron chi connectivity index (χ0n) is 13.0. The van der Waals surface area contributed by atoms with Crippen molar-refractivity contribution in [2.24, 2.45) is 4.99 Å². The molecule has 0 fully saturated rings. The van der Waals surface area contributed by atoms with Crippen molar-refractivity contribution in [2.45, 2.75) is 52.9 Å². The summed E-state index contributed by atoms with van der Waals surface area (Å²) in [7, 11) is 0. The van der Waals surface area contributed by atoms with Crippen LogP contribution in [-0.2, 0) is 0 Å². The summed E-state index contributed by atoms with van der Waals surface area (Å²) in [4.78, 5) is 4.37. The Morgan fingerprint density at radius 2 is 1.68 bits per heavy atom. The molecule has 0 aromatic heterocycles. The van der Waals surface area contributed by atoms with E-state index in [0.29, 0.717) is 11.8 Å². The van der Waals surface area contributed by atoms with E-state index in [1.54, 1.807) is 0 Å². The van der Waals surface area contributed by atoms with Crippen LogP contribution in [-0.4, -0.2) is 19.3 Å². The lowest BCUT2D eigenvalue weighted by Gasteiger charge is -2.20. The molecule has 0 amide bonds. The molecule has 1 aromatic rings. The largest absolute Gasteiger partial charge is 0.383 e. The van der Waals surface area contributed by atoms with E-state index in [9.17, 15) is 0 Å². The molecule has 0 bridgehead atoms. The Balaban J connectivity index is 2.85. The summed E-state index contributed by atoms with van der Waals surface area (Å²) in [6, 6.07) is 6.63. The van der Waals surface area contributed by atoms with Gasteiger partial charge in [-0.2, -0.15) is 0 Å². The highest BCUT2D eigenvalue weighted by molar-refractivity contribution is 5.60. The molecule has 0 atom stereocenters. The maximum absolute atomic E-state index is 4.37. The van der Waals surface area contributed by atoms with E-state index < -0.39 is 0 Å². The molecule has 2 heteroatoms. The van der Waals surface area contributed by atoms with E-state index in [1.165, 1.54) is 16.8 Å². The van der Waals surface area contributed by atoms with Crippen LogP contribution in [0.5, 0.6) is 0 Å². The van der Waals surface area contributed by atoms with Crippen LogP contribution >= 0.6 is 0 Å². The summed E-state index contributed by atoms with van der Waals surface area (Å²) in [5, 5.41) is 3.59. The van der Waals surface area contributed by atoms with Gasteiger partial charge in [0.25, 0.3) is 0 Å². The first-order valence-corrected chi connectivity index (χ1v) is 7.42. The molecule has 1 rings (SSSR count). The molecule has 1 N–H and O–H groups in total. The molecule has 0 spiro atoms. The van der Waals surface area contributed by atoms with Crippen molar-refractivity contribution in [1.82, 2.24) is 0 Å². The highest BCUT2D eigenvalue weighted by Crippen LogP contribution is 2.32. The third kappa shape index (κ3) is 4.70. The summed E-state index contributed by atoms with van der Waals surface area (Å²) in [6.07, 6.45) is 3.00. The average Bonchev–Trinajstić information content (AvgIpc) is 2.38. The second-order valence-electron chi connectivity index (χ2n) is 5.54. The van der Waals surface area contributed by atoms with Crippen molar-refractivity contribution in [3.05, 3.63) is 29.3 Å². The standard InChI is InChI=1S/C17H28N2/c1-6-10-18-11-12-19-17-15(13(2)3)8-7-9-16(17)14(4)5/h7-10,13-14,19H,6,11-12H2,1-5H3/b18-10+. The third-order valence-corrected chi connectivity index (χ3v) is 3.23. The first kappa shape index (κ1) is 15.7. The van der Waals surface area contributed by atoms with Gasteiger partial charge in [-0.15, -0.1) is 0 Å². The molecule has 0 saturated heterocycles. The van der Waals surface area contributed by atoms with Crippen molar-refractivity contribution in [3.63, 3.8) is 0 Å². The Hall–Kier alpha value is -1.31. The van der Waals surface area contributed by atoms with Crippen LogP contribution in [0.15, 0.2) is 23.2 Å². The number of nitrogens with zero attached hydrogens (tertiary/aromatic N) is 1. The highest BCUT2D eigenvalue weighted by Gasteiger charge is 2.12. The number of hydrogen-bond donors (Lipinski definition) is 1. The Morgan fingerprint density at radius 3 is 2.16 bits per heavy atom. The smallest absolute Gasteiger partial charge is 0.0558 e. The lowest BCUT2D eigenvalue weighted by Crippen LogP contribution is -2.11. The molecular weight excluding hydrogens is 232 g/mol. The van der Waals surface area contributed by atoms with Gasteiger partial charge in [0, 0.05) is 12.2 Å². The van der Waals surface area contributed by atoms with E-state index >= 15 is 0 Å². The van der Waals surface area contributed by atoms with Crippen LogP contribution in [0.2, 0.25) is 0 Å². The second-order valence-corrected chi connectivity index (χ2v) is 5.54. The molecule has 0 aliphatic carbocycles. The molecule has 19 heavy (non-hydrogen) atoms. The van der Waals surface area contributed by atoms with Gasteiger partial charge in [0.1, 0.15) is 0 Å². The summed E-state index contributed by atoms with van der Waals surface area (Å²) in [5.41, 5.74) is 4.13. The maximum Gasteiger partial charge on any atom is 0.0558 e. The van der Waals surface area contributed by atoms with Crippen LogP contribution in [0.4, 0.5) is 5.69 Å². The SMILES string of the molecule is CC/C=N/CCNc1c(C(C)C)cccc1C(C)C. The first-order valence-electron chi connectivity index (χ1n) is 7.42. The number of para-hydroxylation sites is 1. The van der Waals surface area contributed by atoms with Gasteiger partial charge in [0.2, 0.25) is 0 Å². The molecule has 0 heterocycles. The van der Waals surface area contributed by atoms with Crippen LogP contribution in [0.1, 0.15) is 64.0 Å². The number of aliphatic imine (C=N–C) groups is 1. The molecule has 1 aromatic carbocycles. The Labute approximate surface area is 118 Å². The number of nitrogens with one attached hydrogen (secondary N) is 1. The van der Waals surface area contributed by atoms with E-state index in [1.807, 2.05) is 6.21 Å². The molecule has 0 aliphatic rings. The molecule has 0 saturated carbocycles. The van der Waals surface area contributed by atoms with Crippen molar-refractivity contribution in [3.8, 4) is 0 Å². The third-order valence-electron chi connectivity index (χ3n) is 3.23. The van der Waals surface area contributed by atoms with Gasteiger partial charge in [0.15, 0.2) is 0 Å². The average molecular weight is 260 g/mol. The molecule has 0 aliphatic heterocycles. The van der Waals surface area contributed by atoms with Crippen molar-refractivity contribution in [2.75, 3.05) is 18.4 Å². The fraction of sp³-hybridized carbons (Fsp3) is 0.588. The summed E-state index contributed by atoms with van der Waals surface area (Å²) >= 11 is 0. The van der Waals surface area contributed by atoms with Crippen molar-refractivity contribution in [1.29, 1.82) is 0 Å². The van der Waals surface area contributed by atoms with E-state index in [0.717, 1.165) is 19.5 Å². The highest BCUT2D eigenvalue weighted by atomic mass is 14.9. The van der Waals surface area contributed by atoms with Crippen molar-refractivity contribution >= 4 is 11.9 Å². The Kier molecular flexibility index (Phi) is 6.61. The van der Waals surface area contributed by atoms with E-state index in [4.69, 9.17) is 0 Å². The van der Waals surface area contributed by atoms with Crippen LogP contribution < -0.4 is 5.32 Å². The molecular formula is C17H28N2. The zero-order chi connectivity index (χ0) is 14.3.